The molecule has 2 fully saturated rings. The van der Waals surface area contributed by atoms with Crippen molar-refractivity contribution >= 4 is 23.3 Å². The zero-order valence-corrected chi connectivity index (χ0v) is 20.5. The van der Waals surface area contributed by atoms with E-state index in [2.05, 4.69) is 26.9 Å². The van der Waals surface area contributed by atoms with Gasteiger partial charge in [-0.2, -0.15) is 4.98 Å². The normalized spacial score (nSPS) is 19.8. The van der Waals surface area contributed by atoms with Gasteiger partial charge in [0, 0.05) is 36.8 Å². The summed E-state index contributed by atoms with van der Waals surface area (Å²) in [6, 6.07) is 6.64. The van der Waals surface area contributed by atoms with E-state index < -0.39 is 0 Å². The van der Waals surface area contributed by atoms with Crippen LogP contribution in [0.3, 0.4) is 0 Å². The molecule has 0 unspecified atom stereocenters. The number of nitrogens with zero attached hydrogens (tertiary/aromatic N) is 4. The maximum Gasteiger partial charge on any atom is 0.241 e. The van der Waals surface area contributed by atoms with Gasteiger partial charge in [-0.25, -0.2) is 0 Å². The van der Waals surface area contributed by atoms with E-state index in [1.54, 1.807) is 14.2 Å². The maximum absolute atomic E-state index is 5.73. The second-order valence-electron chi connectivity index (χ2n) is 9.29. The predicted octanol–water partition coefficient (Wildman–Crippen LogP) is 5.31. The SMILES string of the molecule is COC[C@H]1CCCN1Cc1nc(-c2cn(CC3CCCCC3)c3c(OC)cccc23)no1.Cl. The lowest BCUT2D eigenvalue weighted by atomic mass is 9.89. The molecule has 3 aromatic rings. The van der Waals surface area contributed by atoms with Crippen LogP contribution >= 0.6 is 12.4 Å². The summed E-state index contributed by atoms with van der Waals surface area (Å²) in [5, 5.41) is 5.48. The largest absolute Gasteiger partial charge is 0.495 e. The van der Waals surface area contributed by atoms with Crippen molar-refractivity contribution in [2.24, 2.45) is 5.92 Å². The summed E-state index contributed by atoms with van der Waals surface area (Å²) >= 11 is 0. The lowest BCUT2D eigenvalue weighted by Gasteiger charge is -2.22. The van der Waals surface area contributed by atoms with Crippen molar-refractivity contribution in [3.8, 4) is 17.1 Å². The molecular weight excluding hydrogens is 440 g/mol. The van der Waals surface area contributed by atoms with E-state index in [0.29, 0.717) is 30.2 Å². The number of ether oxygens (including phenoxy) is 2. The van der Waals surface area contributed by atoms with Crippen LogP contribution < -0.4 is 4.74 Å². The van der Waals surface area contributed by atoms with Crippen LogP contribution in [-0.4, -0.2) is 53.0 Å². The van der Waals surface area contributed by atoms with Crippen LogP contribution in [0.5, 0.6) is 5.75 Å². The molecule has 2 aromatic heterocycles. The molecule has 0 spiro atoms. The Hall–Kier alpha value is -2.09. The number of hydrogen-bond donors (Lipinski definition) is 0. The third-order valence-electron chi connectivity index (χ3n) is 7.17. The molecule has 0 radical (unpaired) electrons. The molecule has 1 aliphatic carbocycles. The van der Waals surface area contributed by atoms with Crippen molar-refractivity contribution in [1.29, 1.82) is 0 Å². The van der Waals surface area contributed by atoms with Gasteiger partial charge in [-0.1, -0.05) is 36.6 Å². The predicted molar refractivity (Wildman–Crippen MR) is 131 cm³/mol. The van der Waals surface area contributed by atoms with E-state index in [1.807, 2.05) is 12.1 Å². The van der Waals surface area contributed by atoms with Gasteiger partial charge in [-0.3, -0.25) is 4.90 Å². The van der Waals surface area contributed by atoms with Crippen molar-refractivity contribution < 1.29 is 14.0 Å². The maximum atomic E-state index is 5.73. The topological polar surface area (TPSA) is 65.5 Å². The summed E-state index contributed by atoms with van der Waals surface area (Å²) in [5.74, 6) is 2.93. The first kappa shape index (κ1) is 24.0. The van der Waals surface area contributed by atoms with E-state index in [0.717, 1.165) is 48.3 Å². The number of fused-ring (bicyclic) bond motifs is 1. The summed E-state index contributed by atoms with van der Waals surface area (Å²) in [4.78, 5) is 7.18. The van der Waals surface area contributed by atoms with Gasteiger partial charge in [-0.15, -0.1) is 12.4 Å². The average Bonchev–Trinajstić information content (AvgIpc) is 3.55. The molecule has 7 nitrogen and oxygen atoms in total. The quantitative estimate of drug-likeness (QED) is 0.440. The standard InChI is InChI=1S/C25H34N4O3.ClH/c1-30-17-19-10-7-13-28(19)16-23-26-25(27-32-23)21-15-29(14-18-8-4-3-5-9-18)24-20(21)11-6-12-22(24)31-2;/h6,11-12,15,18-19H,3-5,7-10,13-14,16-17H2,1-2H3;1H/t19-;/m1./s1. The van der Waals surface area contributed by atoms with Gasteiger partial charge >= 0.3 is 0 Å². The molecule has 0 amide bonds. The first-order chi connectivity index (χ1) is 15.8. The third-order valence-corrected chi connectivity index (χ3v) is 7.17. The molecule has 1 atom stereocenters. The fraction of sp³-hybridized carbons (Fsp3) is 0.600. The van der Waals surface area contributed by atoms with E-state index in [1.165, 1.54) is 38.5 Å². The van der Waals surface area contributed by atoms with Crippen molar-refractivity contribution in [2.45, 2.75) is 64.1 Å². The van der Waals surface area contributed by atoms with Crippen molar-refractivity contribution in [3.05, 3.63) is 30.3 Å². The number of likely N-dealkylation sites (tertiary alicyclic amines) is 1. The van der Waals surface area contributed by atoms with Crippen molar-refractivity contribution in [1.82, 2.24) is 19.6 Å². The first-order valence-electron chi connectivity index (χ1n) is 12.0. The summed E-state index contributed by atoms with van der Waals surface area (Å²) in [6.45, 7) is 3.47. The minimum absolute atomic E-state index is 0. The molecule has 180 valence electrons. The van der Waals surface area contributed by atoms with E-state index >= 15 is 0 Å². The Kier molecular flexibility index (Phi) is 7.94. The van der Waals surface area contributed by atoms with Crippen LogP contribution in [0.2, 0.25) is 0 Å². The molecule has 3 heterocycles. The highest BCUT2D eigenvalue weighted by atomic mass is 35.5. The highest BCUT2D eigenvalue weighted by molar-refractivity contribution is 5.97. The van der Waals surface area contributed by atoms with E-state index in [9.17, 15) is 0 Å². The van der Waals surface area contributed by atoms with E-state index in [-0.39, 0.29) is 12.4 Å². The van der Waals surface area contributed by atoms with Gasteiger partial charge in [0.15, 0.2) is 0 Å². The van der Waals surface area contributed by atoms with Crippen molar-refractivity contribution in [2.75, 3.05) is 27.4 Å². The van der Waals surface area contributed by atoms with Gasteiger partial charge in [0.25, 0.3) is 0 Å². The van der Waals surface area contributed by atoms with Crippen LogP contribution in [0, 0.1) is 5.92 Å². The fourth-order valence-electron chi connectivity index (χ4n) is 5.55. The van der Waals surface area contributed by atoms with Gasteiger partial charge in [0.05, 0.1) is 25.8 Å². The average molecular weight is 475 g/mol. The Balaban J connectivity index is 0.00000259. The van der Waals surface area contributed by atoms with E-state index in [4.69, 9.17) is 19.0 Å². The van der Waals surface area contributed by atoms with Gasteiger partial charge in [0.1, 0.15) is 5.75 Å². The third kappa shape index (κ3) is 5.05. The molecular formula is C25H35ClN4O3. The molecule has 1 aliphatic heterocycles. The Morgan fingerprint density at radius 3 is 2.73 bits per heavy atom. The Morgan fingerprint density at radius 2 is 1.94 bits per heavy atom. The van der Waals surface area contributed by atoms with Crippen LogP contribution in [0.4, 0.5) is 0 Å². The van der Waals surface area contributed by atoms with Crippen LogP contribution in [0.15, 0.2) is 28.9 Å². The number of benzene rings is 1. The number of halogens is 1. The molecule has 5 rings (SSSR count). The minimum Gasteiger partial charge on any atom is -0.495 e. The number of aromatic nitrogens is 3. The summed E-state index contributed by atoms with van der Waals surface area (Å²) in [6.07, 6.45) is 11.2. The Bertz CT molecular complexity index is 1040. The Labute approximate surface area is 201 Å². The van der Waals surface area contributed by atoms with Gasteiger partial charge in [0.2, 0.25) is 11.7 Å². The van der Waals surface area contributed by atoms with Crippen LogP contribution in [-0.2, 0) is 17.8 Å². The number of para-hydroxylation sites is 1. The summed E-state index contributed by atoms with van der Waals surface area (Å²) in [5.41, 5.74) is 2.14. The number of rotatable bonds is 8. The molecule has 8 heteroatoms. The Morgan fingerprint density at radius 1 is 1.09 bits per heavy atom. The molecule has 1 saturated carbocycles. The van der Waals surface area contributed by atoms with Gasteiger partial charge < -0.3 is 18.6 Å². The van der Waals surface area contributed by atoms with Crippen molar-refractivity contribution in [3.63, 3.8) is 0 Å². The fourth-order valence-corrected chi connectivity index (χ4v) is 5.55. The van der Waals surface area contributed by atoms with Gasteiger partial charge in [-0.05, 0) is 44.2 Å². The van der Waals surface area contributed by atoms with Crippen LogP contribution in [0.25, 0.3) is 22.3 Å². The molecule has 0 bridgehead atoms. The smallest absolute Gasteiger partial charge is 0.241 e. The molecule has 0 N–H and O–H groups in total. The zero-order chi connectivity index (χ0) is 21.9. The second-order valence-corrected chi connectivity index (χ2v) is 9.29. The van der Waals surface area contributed by atoms with Crippen LogP contribution in [0.1, 0.15) is 50.8 Å². The number of methoxy groups -OCH3 is 2. The summed E-state index contributed by atoms with van der Waals surface area (Å²) in [7, 11) is 3.50. The summed E-state index contributed by atoms with van der Waals surface area (Å²) < 4.78 is 19.2. The molecule has 2 aliphatic rings. The first-order valence-corrected chi connectivity index (χ1v) is 12.0. The molecule has 1 aromatic carbocycles. The lowest BCUT2D eigenvalue weighted by Crippen LogP contribution is -2.32. The number of hydrogen-bond acceptors (Lipinski definition) is 6. The lowest BCUT2D eigenvalue weighted by molar-refractivity contribution is 0.105. The highest BCUT2D eigenvalue weighted by Gasteiger charge is 2.27. The molecule has 33 heavy (non-hydrogen) atoms. The monoisotopic (exact) mass is 474 g/mol. The zero-order valence-electron chi connectivity index (χ0n) is 19.7. The second kappa shape index (κ2) is 10.9. The minimum atomic E-state index is 0. The molecule has 1 saturated heterocycles. The highest BCUT2D eigenvalue weighted by Crippen LogP contribution is 2.36.